The van der Waals surface area contributed by atoms with Crippen molar-refractivity contribution in [2.75, 3.05) is 6.54 Å². The Labute approximate surface area is 130 Å². The molecule has 1 aromatic carbocycles. The zero-order valence-electron chi connectivity index (χ0n) is 12.6. The molecule has 0 amide bonds. The molecule has 0 saturated heterocycles. The third kappa shape index (κ3) is 2.94. The van der Waals surface area contributed by atoms with E-state index in [0.29, 0.717) is 0 Å². The fourth-order valence-corrected chi connectivity index (χ4v) is 3.80. The van der Waals surface area contributed by atoms with Gasteiger partial charge in [0.25, 0.3) is 0 Å². The zero-order chi connectivity index (χ0) is 14.8. The molecular weight excluding hydrogens is 278 g/mol. The molecule has 1 aliphatic rings. The maximum atomic E-state index is 12.7. The van der Waals surface area contributed by atoms with E-state index in [0.717, 1.165) is 31.5 Å². The first kappa shape index (κ1) is 14.5. The van der Waals surface area contributed by atoms with Crippen molar-refractivity contribution in [2.24, 2.45) is 0 Å². The summed E-state index contributed by atoms with van der Waals surface area (Å²) in [5.41, 5.74) is 3.50. The van der Waals surface area contributed by atoms with Gasteiger partial charge in [-0.15, -0.1) is 11.3 Å². The Morgan fingerprint density at radius 3 is 2.76 bits per heavy atom. The number of hydrogen-bond acceptors (Lipinski definition) is 3. The van der Waals surface area contributed by atoms with Crippen molar-refractivity contribution >= 4 is 17.1 Å². The highest BCUT2D eigenvalue weighted by Gasteiger charge is 2.26. The number of carbonyl (C=O) groups excluding carboxylic acids is 1. The third-order valence-electron chi connectivity index (χ3n) is 4.41. The van der Waals surface area contributed by atoms with Gasteiger partial charge in [-0.25, -0.2) is 0 Å². The minimum atomic E-state index is -0.0504. The Morgan fingerprint density at radius 1 is 1.29 bits per heavy atom. The summed E-state index contributed by atoms with van der Waals surface area (Å²) in [7, 11) is 0. The number of fused-ring (bicyclic) bond motifs is 1. The lowest BCUT2D eigenvalue weighted by molar-refractivity contribution is 0.0821. The Balaban J connectivity index is 1.72. The van der Waals surface area contributed by atoms with Crippen LogP contribution in [0.25, 0.3) is 0 Å². The van der Waals surface area contributed by atoms with Gasteiger partial charge in [0.15, 0.2) is 5.78 Å². The lowest BCUT2D eigenvalue weighted by atomic mass is 10.00. The quantitative estimate of drug-likeness (QED) is 0.797. The van der Waals surface area contributed by atoms with E-state index >= 15 is 0 Å². The Morgan fingerprint density at radius 2 is 2.05 bits per heavy atom. The van der Waals surface area contributed by atoms with Gasteiger partial charge in [-0.2, -0.15) is 0 Å². The van der Waals surface area contributed by atoms with E-state index in [-0.39, 0.29) is 11.8 Å². The first-order valence-corrected chi connectivity index (χ1v) is 8.49. The molecule has 2 aromatic rings. The van der Waals surface area contributed by atoms with Gasteiger partial charge >= 0.3 is 0 Å². The molecular formula is C18H21NOS. The molecule has 1 atom stereocenters. The summed E-state index contributed by atoms with van der Waals surface area (Å²) in [6.45, 7) is 6.05. The lowest BCUT2D eigenvalue weighted by Crippen LogP contribution is -2.41. The molecule has 1 aliphatic heterocycles. The Bertz CT molecular complexity index is 629. The number of rotatable bonds is 4. The smallest absolute Gasteiger partial charge is 0.179 e. The van der Waals surface area contributed by atoms with E-state index in [2.05, 4.69) is 35.4 Å². The van der Waals surface area contributed by atoms with Gasteiger partial charge < -0.3 is 0 Å². The number of Topliss-reactive ketones (excluding diaryl/α,β-unsaturated/α-hetero) is 1. The first-order chi connectivity index (χ1) is 10.2. The van der Waals surface area contributed by atoms with Crippen molar-refractivity contribution in [1.82, 2.24) is 4.90 Å². The summed E-state index contributed by atoms with van der Waals surface area (Å²) in [4.78, 5) is 16.4. The summed E-state index contributed by atoms with van der Waals surface area (Å²) in [6, 6.07) is 10.2. The number of nitrogens with zero attached hydrogens (tertiary/aromatic N) is 1. The van der Waals surface area contributed by atoms with Crippen molar-refractivity contribution < 1.29 is 4.79 Å². The molecule has 21 heavy (non-hydrogen) atoms. The molecule has 0 spiro atoms. The van der Waals surface area contributed by atoms with Crippen LogP contribution in [0.4, 0.5) is 0 Å². The van der Waals surface area contributed by atoms with Crippen LogP contribution in [0.3, 0.4) is 0 Å². The first-order valence-electron chi connectivity index (χ1n) is 7.61. The molecule has 0 fully saturated rings. The van der Waals surface area contributed by atoms with Crippen LogP contribution in [0.5, 0.6) is 0 Å². The van der Waals surface area contributed by atoms with Gasteiger partial charge in [-0.3, -0.25) is 9.69 Å². The van der Waals surface area contributed by atoms with Crippen molar-refractivity contribution in [2.45, 2.75) is 39.3 Å². The van der Waals surface area contributed by atoms with Gasteiger partial charge in [0.05, 0.1) is 6.04 Å². The van der Waals surface area contributed by atoms with Gasteiger partial charge in [0.1, 0.15) is 0 Å². The van der Waals surface area contributed by atoms with Crippen molar-refractivity contribution in [3.05, 3.63) is 57.3 Å². The molecule has 1 unspecified atom stereocenters. The molecule has 110 valence electrons. The normalized spacial score (nSPS) is 16.5. The summed E-state index contributed by atoms with van der Waals surface area (Å²) >= 11 is 1.84. The van der Waals surface area contributed by atoms with E-state index in [9.17, 15) is 4.79 Å². The summed E-state index contributed by atoms with van der Waals surface area (Å²) in [6.07, 6.45) is 2.08. The molecule has 0 bridgehead atoms. The molecule has 0 radical (unpaired) electrons. The highest BCUT2D eigenvalue weighted by atomic mass is 32.1. The van der Waals surface area contributed by atoms with Crippen molar-refractivity contribution in [1.29, 1.82) is 0 Å². The summed E-state index contributed by atoms with van der Waals surface area (Å²) in [5.74, 6) is 0.233. The number of ketones is 1. The fraction of sp³-hybridized carbons (Fsp3) is 0.389. The van der Waals surface area contributed by atoms with E-state index in [1.807, 2.05) is 30.4 Å². The van der Waals surface area contributed by atoms with E-state index < -0.39 is 0 Å². The molecule has 2 nitrogen and oxygen atoms in total. The van der Waals surface area contributed by atoms with E-state index in [1.54, 1.807) is 0 Å². The highest BCUT2D eigenvalue weighted by Crippen LogP contribution is 2.26. The van der Waals surface area contributed by atoms with Crippen LogP contribution in [0.15, 0.2) is 35.7 Å². The average Bonchev–Trinajstić information content (AvgIpc) is 3.01. The molecule has 0 saturated carbocycles. The second kappa shape index (κ2) is 6.12. The number of thiophene rings is 1. The van der Waals surface area contributed by atoms with Crippen LogP contribution < -0.4 is 0 Å². The van der Waals surface area contributed by atoms with Crippen LogP contribution in [0, 0.1) is 0 Å². The summed E-state index contributed by atoms with van der Waals surface area (Å²) in [5, 5.41) is 2.16. The minimum Gasteiger partial charge on any atom is -0.292 e. The maximum Gasteiger partial charge on any atom is 0.179 e. The van der Waals surface area contributed by atoms with Crippen LogP contribution in [0.2, 0.25) is 0 Å². The predicted molar refractivity (Wildman–Crippen MR) is 88.0 cm³/mol. The van der Waals surface area contributed by atoms with Crippen LogP contribution >= 0.6 is 11.3 Å². The number of benzene rings is 1. The van der Waals surface area contributed by atoms with Gasteiger partial charge in [0, 0.05) is 23.5 Å². The van der Waals surface area contributed by atoms with E-state index in [4.69, 9.17) is 0 Å². The minimum absolute atomic E-state index is 0.0504. The number of aryl methyl sites for hydroxylation is 1. The molecule has 0 aliphatic carbocycles. The molecule has 3 heteroatoms. The highest BCUT2D eigenvalue weighted by molar-refractivity contribution is 7.10. The molecule has 3 rings (SSSR count). The molecule has 2 heterocycles. The standard InChI is InChI=1S/C18H21NOS/c1-3-14-4-6-15(7-5-14)18(20)13(2)19-10-8-17-16(12-19)9-11-21-17/h4-7,9,11,13H,3,8,10,12H2,1-2H3. The average molecular weight is 299 g/mol. The van der Waals surface area contributed by atoms with Gasteiger partial charge in [-0.05, 0) is 42.3 Å². The summed E-state index contributed by atoms with van der Waals surface area (Å²) < 4.78 is 0. The Kier molecular flexibility index (Phi) is 4.22. The fourth-order valence-electron chi connectivity index (χ4n) is 2.91. The number of hydrogen-bond donors (Lipinski definition) is 0. The second-order valence-electron chi connectivity index (χ2n) is 5.68. The van der Waals surface area contributed by atoms with E-state index in [1.165, 1.54) is 16.0 Å². The van der Waals surface area contributed by atoms with Crippen LogP contribution in [-0.4, -0.2) is 23.3 Å². The maximum absolute atomic E-state index is 12.7. The van der Waals surface area contributed by atoms with Crippen molar-refractivity contribution in [3.8, 4) is 0 Å². The zero-order valence-corrected chi connectivity index (χ0v) is 13.5. The predicted octanol–water partition coefficient (Wildman–Crippen LogP) is 3.94. The van der Waals surface area contributed by atoms with Crippen molar-refractivity contribution in [3.63, 3.8) is 0 Å². The van der Waals surface area contributed by atoms with Gasteiger partial charge in [0.2, 0.25) is 0 Å². The Hall–Kier alpha value is -1.45. The van der Waals surface area contributed by atoms with Gasteiger partial charge in [-0.1, -0.05) is 31.2 Å². The lowest BCUT2D eigenvalue weighted by Gasteiger charge is -2.31. The molecule has 0 N–H and O–H groups in total. The SMILES string of the molecule is CCc1ccc(C(=O)C(C)N2CCc3sccc3C2)cc1. The van der Waals surface area contributed by atoms with Crippen LogP contribution in [-0.2, 0) is 19.4 Å². The largest absolute Gasteiger partial charge is 0.292 e. The number of carbonyl (C=O) groups is 1. The monoisotopic (exact) mass is 299 g/mol. The second-order valence-corrected chi connectivity index (χ2v) is 6.68. The van der Waals surface area contributed by atoms with Crippen LogP contribution in [0.1, 0.15) is 40.2 Å². The molecule has 1 aromatic heterocycles. The topological polar surface area (TPSA) is 20.3 Å². The third-order valence-corrected chi connectivity index (χ3v) is 5.43.